The van der Waals surface area contributed by atoms with E-state index in [1.807, 2.05) is 0 Å². The number of furan rings is 1. The lowest BCUT2D eigenvalue weighted by atomic mass is 9.56. The lowest BCUT2D eigenvalue weighted by Gasteiger charge is -2.32. The summed E-state index contributed by atoms with van der Waals surface area (Å²) in [5, 5.41) is 0.658. The molecule has 260 valence electrons. The lowest BCUT2D eigenvalue weighted by molar-refractivity contribution is 0.676. The van der Waals surface area contributed by atoms with E-state index >= 15 is 0 Å². The Morgan fingerprint density at radius 1 is 0.127 bits per heavy atom. The van der Waals surface area contributed by atoms with Crippen LogP contribution in [0.15, 0.2) is 4.42 Å². The fraction of sp³-hybridized carbons (Fsp3) is 0. The van der Waals surface area contributed by atoms with Gasteiger partial charge in [-0.3, -0.25) is 0 Å². The minimum Gasteiger partial charge on any atom is -0.456 e. The average Bonchev–Trinajstić information content (AvgIpc) is 3.74. The van der Waals surface area contributed by atoms with Crippen LogP contribution in [0.25, 0.3) is 98.1 Å². The first kappa shape index (κ1) is 50.3. The van der Waals surface area contributed by atoms with Gasteiger partial charge in [-0.1, -0.05) is 81.9 Å². The maximum Gasteiger partial charge on any atom is 0.141 e. The number of hydrogen-bond acceptors (Lipinski definition) is 1. The number of fused-ring (bicyclic) bond motifs is 10. The molecule has 0 atom stereocenters. The number of benzene rings is 9. The summed E-state index contributed by atoms with van der Waals surface area (Å²) in [5.41, 5.74) is -3.72. The Hall–Kier alpha value is -4.23. The highest BCUT2D eigenvalue weighted by atomic mass is 16.3. The summed E-state index contributed by atoms with van der Waals surface area (Å²) in [7, 11) is 177. The van der Waals surface area contributed by atoms with E-state index in [-0.39, 0.29) is 240 Å². The Morgan fingerprint density at radius 2 is 0.338 bits per heavy atom. The molecule has 10 rings (SSSR count). The topological polar surface area (TPSA) is 13.1 Å². The Kier molecular flexibility index (Phi) is 11.8. The van der Waals surface area contributed by atoms with Gasteiger partial charge in [0.05, 0.1) is 0 Å². The van der Waals surface area contributed by atoms with Crippen LogP contribution in [0, 0.1) is 0 Å². The molecule has 0 N–H and O–H groups in total. The molecule has 1 heterocycles. The summed E-state index contributed by atoms with van der Waals surface area (Å²) in [6.45, 7) is 0. The van der Waals surface area contributed by atoms with Crippen molar-refractivity contribution >= 4 is 422 Å². The number of hydrogen-bond donors (Lipinski definition) is 0. The minimum absolute atomic E-state index is 0.0000571. The van der Waals surface area contributed by atoms with Crippen LogP contribution >= 0.6 is 0 Å². The van der Waals surface area contributed by atoms with Crippen molar-refractivity contribution in [2.45, 2.75) is 0 Å². The molecule has 1 aromatic heterocycles. The second kappa shape index (κ2) is 16.6. The second-order valence-corrected chi connectivity index (χ2v) is 17.5. The van der Waals surface area contributed by atoms with Crippen LogP contribution in [0.1, 0.15) is 0 Å². The zero-order valence-corrected chi connectivity index (χ0v) is 37.4. The zero-order valence-electron chi connectivity index (χ0n) is 37.4. The molecule has 0 unspecified atom stereocenters. The highest BCUT2D eigenvalue weighted by Crippen LogP contribution is 2.45. The van der Waals surface area contributed by atoms with Crippen LogP contribution in [0.2, 0.25) is 0 Å². The van der Waals surface area contributed by atoms with Crippen LogP contribution in [0.4, 0.5) is 0 Å². The van der Waals surface area contributed by atoms with Crippen molar-refractivity contribution in [2.24, 2.45) is 0 Å². The highest BCUT2D eigenvalue weighted by molar-refractivity contribution is 6.78. The molecule has 10 aromatic rings. The van der Waals surface area contributed by atoms with E-state index in [9.17, 15) is 0 Å². The molecule has 0 aliphatic heterocycles. The van der Waals surface area contributed by atoms with E-state index < -0.39 is 0 Å². The maximum atomic E-state index is 7.38. The third kappa shape index (κ3) is 6.20. The molecule has 1 nitrogen and oxygen atoms in total. The zero-order chi connectivity index (χ0) is 52.1. The molecule has 27 heteroatoms. The quantitative estimate of drug-likeness (QED) is 0.0961. The van der Waals surface area contributed by atoms with Gasteiger partial charge >= 0.3 is 0 Å². The Labute approximate surface area is 445 Å². The summed E-state index contributed by atoms with van der Waals surface area (Å²) in [5.74, 6) is 0. The van der Waals surface area contributed by atoms with Crippen molar-refractivity contribution in [3.05, 3.63) is 0 Å². The molecule has 9 aromatic carbocycles. The van der Waals surface area contributed by atoms with E-state index in [4.69, 9.17) is 208 Å². The fourth-order valence-corrected chi connectivity index (χ4v) is 10.4. The fourth-order valence-electron chi connectivity index (χ4n) is 10.4. The molecule has 71 heavy (non-hydrogen) atoms. The molecule has 0 saturated carbocycles. The van der Waals surface area contributed by atoms with Gasteiger partial charge in [-0.05, 0) is 70.7 Å². The van der Waals surface area contributed by atoms with E-state index in [0.717, 1.165) is 0 Å². The predicted molar refractivity (Wildman–Crippen MR) is 332 cm³/mol. The third-order valence-corrected chi connectivity index (χ3v) is 14.1. The van der Waals surface area contributed by atoms with Crippen molar-refractivity contribution in [3.8, 4) is 22.3 Å². The van der Waals surface area contributed by atoms with E-state index in [1.165, 1.54) is 0 Å². The van der Waals surface area contributed by atoms with Crippen LogP contribution in [0.5, 0.6) is 0 Å². The molecule has 52 radical (unpaired) electrons. The second-order valence-electron chi connectivity index (χ2n) is 17.5. The summed E-state index contributed by atoms with van der Waals surface area (Å²) < 4.78 is 6.63. The van der Waals surface area contributed by atoms with Gasteiger partial charge in [0.25, 0.3) is 0 Å². The van der Waals surface area contributed by atoms with Crippen LogP contribution in [-0.4, -0.2) is 204 Å². The third-order valence-electron chi connectivity index (χ3n) is 14.1. The Bertz CT molecular complexity index is 4210. The normalized spacial score (nSPS) is 12.0. The van der Waals surface area contributed by atoms with Crippen molar-refractivity contribution in [3.63, 3.8) is 0 Å². The van der Waals surface area contributed by atoms with Gasteiger partial charge in [0.2, 0.25) is 0 Å². The van der Waals surface area contributed by atoms with Crippen LogP contribution in [-0.2, 0) is 0 Å². The Morgan fingerprint density at radius 3 is 0.704 bits per heavy atom. The molecule has 0 aliphatic rings. The van der Waals surface area contributed by atoms with Crippen LogP contribution < -0.4 is 142 Å². The SMILES string of the molecule is [B]c1c([B])c(-c2c3c([B])c([B])c([B])c([B])c3c(-c3c([B])c4c([B])c([B])c([B])c([B])c4c4c([B])c([B])c([B])c([B])c34)c3c([B])c([B])c([B])c([B])c23)c2c(oc3c4c([B])c([B])c([B])c([B])c4c([B])c([B])c32)c1[B]. The standard InChI is InChI=1S/C44B26O/c45-17-3(9-10(24(52)36(64)35(63)23(9)51)11-13(17)27(55)38(66)37(65)25(11)53)1-4-6(20(48)33(61)31(59)18(4)46)2(7-5(1)19(47)32(60)34(62)21(7)49)8-12-15-29(57)26(54)14-16(30(58)40(68)39(67)28(14)56)43(15)71-44(12)42(70)41(69)22(8)50. The molecular formula is C44B26O. The monoisotopic (exact) mass is 830 g/mol. The van der Waals surface area contributed by atoms with Gasteiger partial charge in [-0.15, -0.1) is 60.1 Å². The highest BCUT2D eigenvalue weighted by Gasteiger charge is 2.32. The Balaban J connectivity index is 1.62. The molecule has 0 saturated heterocycles. The lowest BCUT2D eigenvalue weighted by Crippen LogP contribution is -2.52. The largest absolute Gasteiger partial charge is 0.456 e. The van der Waals surface area contributed by atoms with Crippen molar-refractivity contribution < 1.29 is 4.42 Å². The molecular weight excluding hydrogens is 826 g/mol. The maximum absolute atomic E-state index is 7.38. The van der Waals surface area contributed by atoms with Gasteiger partial charge in [0.15, 0.2) is 0 Å². The summed E-state index contributed by atoms with van der Waals surface area (Å²) in [6, 6.07) is 0. The molecule has 0 aliphatic carbocycles. The van der Waals surface area contributed by atoms with Crippen molar-refractivity contribution in [2.75, 3.05) is 0 Å². The number of rotatable bonds is 2. The summed E-state index contributed by atoms with van der Waals surface area (Å²) in [4.78, 5) is 0. The van der Waals surface area contributed by atoms with E-state index in [2.05, 4.69) is 0 Å². The smallest absolute Gasteiger partial charge is 0.141 e. The molecule has 0 spiro atoms. The minimum atomic E-state index is -0.202. The summed E-state index contributed by atoms with van der Waals surface area (Å²) >= 11 is 0. The first-order valence-electron chi connectivity index (χ1n) is 20.9. The van der Waals surface area contributed by atoms with Crippen LogP contribution in [0.3, 0.4) is 0 Å². The summed E-state index contributed by atoms with van der Waals surface area (Å²) in [6.07, 6.45) is 0. The molecule has 0 fully saturated rings. The van der Waals surface area contributed by atoms with Gasteiger partial charge in [0.1, 0.15) is 215 Å². The van der Waals surface area contributed by atoms with E-state index in [1.54, 1.807) is 0 Å². The molecule has 0 bridgehead atoms. The first-order chi connectivity index (χ1) is 33.2. The van der Waals surface area contributed by atoms with Gasteiger partial charge in [-0.2, -0.15) is 0 Å². The van der Waals surface area contributed by atoms with Crippen molar-refractivity contribution in [1.29, 1.82) is 0 Å². The van der Waals surface area contributed by atoms with Gasteiger partial charge in [0, 0.05) is 16.2 Å². The predicted octanol–water partition coefficient (Wildman–Crippen LogP) is -18.7. The average molecular weight is 826 g/mol. The van der Waals surface area contributed by atoms with Gasteiger partial charge in [-0.25, -0.2) is 0 Å². The first-order valence-corrected chi connectivity index (χ1v) is 20.9. The van der Waals surface area contributed by atoms with Gasteiger partial charge < -0.3 is 4.42 Å². The molecule has 0 amide bonds. The van der Waals surface area contributed by atoms with Crippen molar-refractivity contribution in [1.82, 2.24) is 0 Å². The van der Waals surface area contributed by atoms with E-state index in [0.29, 0.717) is 0 Å².